The molecule has 0 radical (unpaired) electrons. The van der Waals surface area contributed by atoms with Crippen LogP contribution in [-0.2, 0) is 18.3 Å². The Bertz CT molecular complexity index is 880. The summed E-state index contributed by atoms with van der Waals surface area (Å²) < 4.78 is 16.8. The Kier molecular flexibility index (Phi) is 6.68. The molecule has 1 saturated heterocycles. The van der Waals surface area contributed by atoms with Crippen molar-refractivity contribution >= 4 is 46.3 Å². The van der Waals surface area contributed by atoms with E-state index in [2.05, 4.69) is 10.6 Å². The Morgan fingerprint density at radius 2 is 2.14 bits per heavy atom. The quantitative estimate of drug-likeness (QED) is 0.380. The lowest BCUT2D eigenvalue weighted by atomic mass is 10.1. The Balaban J connectivity index is 1.85. The second kappa shape index (κ2) is 9.01. The molecular formula is C19H22FIN4O3. The van der Waals surface area contributed by atoms with Crippen molar-refractivity contribution in [3.8, 4) is 0 Å². The van der Waals surface area contributed by atoms with E-state index in [0.29, 0.717) is 36.7 Å². The van der Waals surface area contributed by atoms with Crippen molar-refractivity contribution in [3.05, 3.63) is 44.9 Å². The van der Waals surface area contributed by atoms with Gasteiger partial charge in [0.25, 0.3) is 5.91 Å². The van der Waals surface area contributed by atoms with Gasteiger partial charge in [-0.15, -0.1) is 0 Å². The standard InChI is InChI=1S/C19H22FIN4O3/c1-24-14(4-6-26)9-15(19(28)25-10-13(11-25)22-5-7-27)18(24)23-17-3-2-12(21)8-16(17)20/h2-3,6,8-9,13,22-23,27H,4-5,7,10-11H2,1H3. The predicted octanol–water partition coefficient (Wildman–Crippen LogP) is 1.66. The number of aromatic nitrogens is 1. The third kappa shape index (κ3) is 4.36. The largest absolute Gasteiger partial charge is 0.395 e. The highest BCUT2D eigenvalue weighted by Gasteiger charge is 2.33. The van der Waals surface area contributed by atoms with Gasteiger partial charge in [-0.2, -0.15) is 0 Å². The Hall–Kier alpha value is -1.98. The van der Waals surface area contributed by atoms with Crippen LogP contribution in [0.5, 0.6) is 0 Å². The summed E-state index contributed by atoms with van der Waals surface area (Å²) in [6.45, 7) is 1.61. The molecule has 0 aliphatic carbocycles. The molecule has 28 heavy (non-hydrogen) atoms. The zero-order valence-electron chi connectivity index (χ0n) is 15.4. The average molecular weight is 500 g/mol. The molecule has 0 bridgehead atoms. The van der Waals surface area contributed by atoms with Gasteiger partial charge in [0.1, 0.15) is 17.9 Å². The van der Waals surface area contributed by atoms with Gasteiger partial charge in [-0.25, -0.2) is 4.39 Å². The first-order valence-corrected chi connectivity index (χ1v) is 10.00. The molecule has 1 aromatic heterocycles. The minimum absolute atomic E-state index is 0.0494. The van der Waals surface area contributed by atoms with Crippen LogP contribution in [0.2, 0.25) is 0 Å². The Labute approximate surface area is 176 Å². The summed E-state index contributed by atoms with van der Waals surface area (Å²) in [7, 11) is 1.74. The van der Waals surface area contributed by atoms with Crippen LogP contribution < -0.4 is 10.6 Å². The minimum atomic E-state index is -0.416. The number of halogens is 2. The van der Waals surface area contributed by atoms with Crippen LogP contribution in [0.4, 0.5) is 15.9 Å². The molecule has 1 fully saturated rings. The molecule has 150 valence electrons. The molecule has 0 unspecified atom stereocenters. The first-order chi connectivity index (χ1) is 13.4. The lowest BCUT2D eigenvalue weighted by Crippen LogP contribution is -2.60. The number of benzene rings is 1. The van der Waals surface area contributed by atoms with Gasteiger partial charge in [0, 0.05) is 48.4 Å². The van der Waals surface area contributed by atoms with Gasteiger partial charge >= 0.3 is 0 Å². The fourth-order valence-electron chi connectivity index (χ4n) is 3.18. The molecule has 7 nitrogen and oxygen atoms in total. The van der Waals surface area contributed by atoms with Gasteiger partial charge in [-0.1, -0.05) is 0 Å². The fourth-order valence-corrected chi connectivity index (χ4v) is 3.64. The lowest BCUT2D eigenvalue weighted by Gasteiger charge is -2.39. The maximum atomic E-state index is 14.3. The second-order valence-corrected chi connectivity index (χ2v) is 7.91. The first-order valence-electron chi connectivity index (χ1n) is 8.92. The summed E-state index contributed by atoms with van der Waals surface area (Å²) in [6, 6.07) is 6.63. The molecule has 1 aliphatic rings. The van der Waals surface area contributed by atoms with Gasteiger partial charge in [-0.3, -0.25) is 4.79 Å². The second-order valence-electron chi connectivity index (χ2n) is 6.66. The predicted molar refractivity (Wildman–Crippen MR) is 112 cm³/mol. The van der Waals surface area contributed by atoms with E-state index in [1.807, 2.05) is 22.6 Å². The monoisotopic (exact) mass is 500 g/mol. The number of anilines is 2. The highest BCUT2D eigenvalue weighted by molar-refractivity contribution is 14.1. The van der Waals surface area contributed by atoms with E-state index in [9.17, 15) is 14.0 Å². The number of hydrogen-bond acceptors (Lipinski definition) is 5. The van der Waals surface area contributed by atoms with Crippen molar-refractivity contribution in [3.63, 3.8) is 0 Å². The number of amides is 1. The molecule has 3 rings (SSSR count). The third-order valence-corrected chi connectivity index (χ3v) is 5.42. The number of nitrogens with zero attached hydrogens (tertiary/aromatic N) is 2. The summed E-state index contributed by atoms with van der Waals surface area (Å²) >= 11 is 2.03. The fraction of sp³-hybridized carbons (Fsp3) is 0.368. The highest BCUT2D eigenvalue weighted by atomic mass is 127. The van der Waals surface area contributed by atoms with Crippen LogP contribution in [0, 0.1) is 9.39 Å². The summed E-state index contributed by atoms with van der Waals surface area (Å²) in [5.41, 5.74) is 1.33. The molecule has 1 aliphatic heterocycles. The van der Waals surface area contributed by atoms with Crippen LogP contribution in [0.1, 0.15) is 16.1 Å². The molecule has 2 aromatic rings. The maximum Gasteiger partial charge on any atom is 0.257 e. The molecule has 0 atom stereocenters. The maximum absolute atomic E-state index is 14.3. The van der Waals surface area contributed by atoms with E-state index < -0.39 is 5.82 Å². The number of likely N-dealkylation sites (tertiary alicyclic amines) is 1. The normalized spacial score (nSPS) is 14.1. The Morgan fingerprint density at radius 1 is 1.39 bits per heavy atom. The Morgan fingerprint density at radius 3 is 2.79 bits per heavy atom. The molecule has 9 heteroatoms. The molecule has 1 amide bonds. The lowest BCUT2D eigenvalue weighted by molar-refractivity contribution is -0.107. The number of rotatable bonds is 8. The van der Waals surface area contributed by atoms with Crippen LogP contribution in [0.3, 0.4) is 0 Å². The molecule has 3 N–H and O–H groups in total. The average Bonchev–Trinajstić information content (AvgIpc) is 2.92. The highest BCUT2D eigenvalue weighted by Crippen LogP contribution is 2.29. The summed E-state index contributed by atoms with van der Waals surface area (Å²) in [5.74, 6) is -0.141. The van der Waals surface area contributed by atoms with Gasteiger partial charge in [-0.05, 0) is 46.9 Å². The van der Waals surface area contributed by atoms with Gasteiger partial charge in [0.15, 0.2) is 0 Å². The van der Waals surface area contributed by atoms with Gasteiger partial charge in [0.05, 0.1) is 17.9 Å². The number of nitrogens with one attached hydrogen (secondary N) is 2. The minimum Gasteiger partial charge on any atom is -0.395 e. The van der Waals surface area contributed by atoms with Crippen molar-refractivity contribution in [2.45, 2.75) is 12.5 Å². The van der Waals surface area contributed by atoms with Crippen molar-refractivity contribution < 1.29 is 19.1 Å². The van der Waals surface area contributed by atoms with Crippen molar-refractivity contribution in [1.82, 2.24) is 14.8 Å². The smallest absolute Gasteiger partial charge is 0.257 e. The van der Waals surface area contributed by atoms with Gasteiger partial charge in [0.2, 0.25) is 0 Å². The van der Waals surface area contributed by atoms with Crippen molar-refractivity contribution in [2.75, 3.05) is 31.6 Å². The summed E-state index contributed by atoms with van der Waals surface area (Å²) in [6.07, 6.45) is 0.936. The summed E-state index contributed by atoms with van der Waals surface area (Å²) in [5, 5.41) is 15.0. The van der Waals surface area contributed by atoms with E-state index in [1.54, 1.807) is 34.7 Å². The van der Waals surface area contributed by atoms with Crippen LogP contribution in [0.15, 0.2) is 24.3 Å². The number of hydrogen-bond donors (Lipinski definition) is 3. The van der Waals surface area contributed by atoms with Crippen LogP contribution in [-0.4, -0.2) is 59.0 Å². The number of carbonyl (C=O) groups is 2. The van der Waals surface area contributed by atoms with Crippen molar-refractivity contribution in [2.24, 2.45) is 7.05 Å². The van der Waals surface area contributed by atoms with E-state index >= 15 is 0 Å². The van der Waals surface area contributed by atoms with Gasteiger partial charge < -0.3 is 30.0 Å². The molecular weight excluding hydrogens is 478 g/mol. The van der Waals surface area contributed by atoms with Crippen LogP contribution in [0.25, 0.3) is 0 Å². The molecule has 0 saturated carbocycles. The molecule has 1 aromatic carbocycles. The third-order valence-electron chi connectivity index (χ3n) is 4.75. The number of carbonyl (C=O) groups excluding carboxylic acids is 2. The number of aliphatic hydroxyl groups is 1. The van der Waals surface area contributed by atoms with Crippen LogP contribution >= 0.6 is 22.6 Å². The van der Waals surface area contributed by atoms with E-state index in [-0.39, 0.29) is 30.7 Å². The molecule has 2 heterocycles. The zero-order valence-corrected chi connectivity index (χ0v) is 17.6. The van der Waals surface area contributed by atoms with E-state index in [4.69, 9.17) is 5.11 Å². The number of aldehydes is 1. The number of aliphatic hydroxyl groups excluding tert-OH is 1. The SMILES string of the molecule is Cn1c(CC=O)cc(C(=O)N2CC(NCCO)C2)c1Nc1ccc(I)cc1F. The van der Waals surface area contributed by atoms with E-state index in [1.165, 1.54) is 6.07 Å². The molecule has 0 spiro atoms. The summed E-state index contributed by atoms with van der Waals surface area (Å²) in [4.78, 5) is 25.7. The van der Waals surface area contributed by atoms with Crippen molar-refractivity contribution in [1.29, 1.82) is 0 Å². The zero-order chi connectivity index (χ0) is 20.3. The topological polar surface area (TPSA) is 86.6 Å². The van der Waals surface area contributed by atoms with E-state index in [0.717, 1.165) is 9.86 Å². The first kappa shape index (κ1) is 20.7.